The summed E-state index contributed by atoms with van der Waals surface area (Å²) in [6.45, 7) is 6.49. The molecular weight excluding hydrogens is 224 g/mol. The van der Waals surface area contributed by atoms with Crippen LogP contribution in [0.4, 0.5) is 0 Å². The summed E-state index contributed by atoms with van der Waals surface area (Å²) in [5, 5.41) is 0. The van der Waals surface area contributed by atoms with Crippen molar-refractivity contribution in [1.29, 1.82) is 0 Å². The van der Waals surface area contributed by atoms with Crippen molar-refractivity contribution < 1.29 is 4.79 Å². The van der Waals surface area contributed by atoms with Gasteiger partial charge >= 0.3 is 0 Å². The Balaban J connectivity index is 2.19. The summed E-state index contributed by atoms with van der Waals surface area (Å²) in [5.74, 6) is 1.08. The largest absolute Gasteiger partial charge is 0.327 e. The molecule has 0 saturated heterocycles. The maximum absolute atomic E-state index is 12.2. The van der Waals surface area contributed by atoms with Crippen molar-refractivity contribution in [2.45, 2.75) is 33.7 Å². The molecule has 1 aromatic heterocycles. The van der Waals surface area contributed by atoms with E-state index in [9.17, 15) is 4.79 Å². The van der Waals surface area contributed by atoms with Gasteiger partial charge in [0.25, 0.3) is 0 Å². The monoisotopic (exact) mass is 242 g/mol. The molecule has 3 heteroatoms. The van der Waals surface area contributed by atoms with Crippen LogP contribution in [0.1, 0.15) is 34.2 Å². The normalized spacial score (nSPS) is 10.6. The Labute approximate surface area is 107 Å². The summed E-state index contributed by atoms with van der Waals surface area (Å²) < 4.78 is 1.91. The van der Waals surface area contributed by atoms with Crippen LogP contribution in [0.5, 0.6) is 0 Å². The van der Waals surface area contributed by atoms with Crippen LogP contribution in [0.15, 0.2) is 30.6 Å². The predicted octanol–water partition coefficient (Wildman–Crippen LogP) is 2.95. The van der Waals surface area contributed by atoms with Gasteiger partial charge < -0.3 is 4.57 Å². The number of hydrogen-bond acceptors (Lipinski definition) is 2. The van der Waals surface area contributed by atoms with Gasteiger partial charge in [-0.05, 0) is 31.0 Å². The van der Waals surface area contributed by atoms with Gasteiger partial charge in [-0.3, -0.25) is 4.79 Å². The molecule has 0 aliphatic rings. The smallest absolute Gasteiger partial charge is 0.182 e. The van der Waals surface area contributed by atoms with Crippen LogP contribution in [0.3, 0.4) is 0 Å². The molecule has 2 rings (SSSR count). The molecule has 0 radical (unpaired) electrons. The van der Waals surface area contributed by atoms with Crippen LogP contribution in [-0.4, -0.2) is 15.3 Å². The first kappa shape index (κ1) is 12.6. The zero-order valence-corrected chi connectivity index (χ0v) is 11.1. The second-order valence-electron chi connectivity index (χ2n) is 4.55. The van der Waals surface area contributed by atoms with E-state index >= 15 is 0 Å². The highest BCUT2D eigenvalue weighted by atomic mass is 16.1. The zero-order chi connectivity index (χ0) is 13.1. The van der Waals surface area contributed by atoms with Crippen molar-refractivity contribution in [2.75, 3.05) is 0 Å². The Hall–Kier alpha value is -1.90. The van der Waals surface area contributed by atoms with Crippen LogP contribution in [0.2, 0.25) is 0 Å². The van der Waals surface area contributed by atoms with E-state index in [1.807, 2.05) is 42.8 Å². The van der Waals surface area contributed by atoms with Crippen molar-refractivity contribution in [3.63, 3.8) is 0 Å². The van der Waals surface area contributed by atoms with Crippen molar-refractivity contribution >= 4 is 5.78 Å². The van der Waals surface area contributed by atoms with Crippen molar-refractivity contribution in [1.82, 2.24) is 9.55 Å². The minimum atomic E-state index is 0.130. The fourth-order valence-corrected chi connectivity index (χ4v) is 1.96. The molecule has 18 heavy (non-hydrogen) atoms. The minimum absolute atomic E-state index is 0.130. The van der Waals surface area contributed by atoms with Gasteiger partial charge in [-0.1, -0.05) is 19.1 Å². The highest BCUT2D eigenvalue weighted by molar-refractivity contribution is 5.96. The summed E-state index contributed by atoms with van der Waals surface area (Å²) in [6.07, 6.45) is 4.44. The Morgan fingerprint density at radius 2 is 2.06 bits per heavy atom. The maximum Gasteiger partial charge on any atom is 0.182 e. The lowest BCUT2D eigenvalue weighted by Gasteiger charge is -2.07. The molecule has 3 nitrogen and oxygen atoms in total. The molecular formula is C15H18N2O. The van der Waals surface area contributed by atoms with Crippen molar-refractivity contribution in [3.8, 4) is 0 Å². The van der Waals surface area contributed by atoms with Gasteiger partial charge in [-0.2, -0.15) is 0 Å². The molecule has 0 spiro atoms. The van der Waals surface area contributed by atoms with Crippen LogP contribution >= 0.6 is 0 Å². The second-order valence-corrected chi connectivity index (χ2v) is 4.55. The number of carbonyl (C=O) groups excluding carboxylic acids is 1. The fraction of sp³-hybridized carbons (Fsp3) is 0.333. The van der Waals surface area contributed by atoms with Crippen molar-refractivity contribution in [2.24, 2.45) is 0 Å². The second kappa shape index (κ2) is 5.17. The number of Topliss-reactive ketones (excluding diaryl/α,β-unsaturated/α-hetero) is 1. The van der Waals surface area contributed by atoms with E-state index in [4.69, 9.17) is 0 Å². The van der Waals surface area contributed by atoms with E-state index < -0.39 is 0 Å². The predicted molar refractivity (Wildman–Crippen MR) is 71.9 cm³/mol. The fourth-order valence-electron chi connectivity index (χ4n) is 1.96. The van der Waals surface area contributed by atoms with E-state index in [0.717, 1.165) is 23.4 Å². The minimum Gasteiger partial charge on any atom is -0.327 e. The van der Waals surface area contributed by atoms with Gasteiger partial charge in [-0.25, -0.2) is 4.98 Å². The quantitative estimate of drug-likeness (QED) is 0.773. The molecule has 0 fully saturated rings. The molecule has 0 N–H and O–H groups in total. The molecule has 0 unspecified atom stereocenters. The molecule has 0 atom stereocenters. The number of benzene rings is 1. The SMILES string of the molecule is CCc1nccn1CC(=O)c1ccc(C)c(C)c1. The average Bonchev–Trinajstić information content (AvgIpc) is 2.79. The van der Waals surface area contributed by atoms with Gasteiger partial charge in [0.05, 0.1) is 6.54 Å². The molecule has 0 aliphatic heterocycles. The van der Waals surface area contributed by atoms with Crippen LogP contribution in [-0.2, 0) is 13.0 Å². The standard InChI is InChI=1S/C15H18N2O/c1-4-15-16-7-8-17(15)10-14(18)13-6-5-11(2)12(3)9-13/h5-9H,4,10H2,1-3H3. The van der Waals surface area contributed by atoms with Crippen LogP contribution < -0.4 is 0 Å². The number of imidazole rings is 1. The Kier molecular flexibility index (Phi) is 3.60. The van der Waals surface area contributed by atoms with Crippen molar-refractivity contribution in [3.05, 3.63) is 53.1 Å². The van der Waals surface area contributed by atoms with Gasteiger partial charge in [0.15, 0.2) is 5.78 Å². The Morgan fingerprint density at radius 1 is 1.28 bits per heavy atom. The van der Waals surface area contributed by atoms with Crippen LogP contribution in [0, 0.1) is 13.8 Å². The summed E-state index contributed by atoms with van der Waals surface area (Å²) in [7, 11) is 0. The first-order chi connectivity index (χ1) is 8.61. The van der Waals surface area contributed by atoms with E-state index in [2.05, 4.69) is 11.9 Å². The lowest BCUT2D eigenvalue weighted by molar-refractivity contribution is 0.0971. The molecule has 2 aromatic rings. The third kappa shape index (κ3) is 2.50. The number of ketones is 1. The summed E-state index contributed by atoms with van der Waals surface area (Å²) in [6, 6.07) is 5.85. The van der Waals surface area contributed by atoms with Crippen LogP contribution in [0.25, 0.3) is 0 Å². The summed E-state index contributed by atoms with van der Waals surface area (Å²) >= 11 is 0. The van der Waals surface area contributed by atoms with Gasteiger partial charge in [0, 0.05) is 24.4 Å². The van der Waals surface area contributed by atoms with Gasteiger partial charge in [0.2, 0.25) is 0 Å². The average molecular weight is 242 g/mol. The number of aryl methyl sites for hydroxylation is 3. The molecule has 94 valence electrons. The Morgan fingerprint density at radius 3 is 2.72 bits per heavy atom. The molecule has 1 aromatic carbocycles. The molecule has 0 bridgehead atoms. The zero-order valence-electron chi connectivity index (χ0n) is 11.1. The first-order valence-electron chi connectivity index (χ1n) is 6.22. The van der Waals surface area contributed by atoms with E-state index in [-0.39, 0.29) is 5.78 Å². The summed E-state index contributed by atoms with van der Waals surface area (Å²) in [5.41, 5.74) is 3.14. The topological polar surface area (TPSA) is 34.9 Å². The number of nitrogens with zero attached hydrogens (tertiary/aromatic N) is 2. The third-order valence-corrected chi connectivity index (χ3v) is 3.26. The summed E-state index contributed by atoms with van der Waals surface area (Å²) in [4.78, 5) is 16.4. The highest BCUT2D eigenvalue weighted by Gasteiger charge is 2.09. The maximum atomic E-state index is 12.2. The van der Waals surface area contributed by atoms with E-state index in [1.165, 1.54) is 5.56 Å². The number of rotatable bonds is 4. The number of aromatic nitrogens is 2. The number of hydrogen-bond donors (Lipinski definition) is 0. The lowest BCUT2D eigenvalue weighted by atomic mass is 10.0. The molecule has 0 saturated carbocycles. The third-order valence-electron chi connectivity index (χ3n) is 3.26. The molecule has 0 aliphatic carbocycles. The first-order valence-corrected chi connectivity index (χ1v) is 6.22. The number of carbonyl (C=O) groups is 1. The van der Waals surface area contributed by atoms with E-state index in [0.29, 0.717) is 6.54 Å². The van der Waals surface area contributed by atoms with Gasteiger partial charge in [0.1, 0.15) is 5.82 Å². The lowest BCUT2D eigenvalue weighted by Crippen LogP contribution is -2.12. The van der Waals surface area contributed by atoms with E-state index in [1.54, 1.807) is 6.20 Å². The molecule has 1 heterocycles. The van der Waals surface area contributed by atoms with Gasteiger partial charge in [-0.15, -0.1) is 0 Å². The Bertz CT molecular complexity index is 570. The highest BCUT2D eigenvalue weighted by Crippen LogP contribution is 2.11. The molecule has 0 amide bonds.